The molecule has 0 atom stereocenters. The lowest BCUT2D eigenvalue weighted by molar-refractivity contribution is -0.0314. The average molecular weight is 183 g/mol. The van der Waals surface area contributed by atoms with Gasteiger partial charge < -0.3 is 10.1 Å². The summed E-state index contributed by atoms with van der Waals surface area (Å²) in [6, 6.07) is 0. The maximum Gasteiger partial charge on any atom is 0.0581 e. The Labute approximate surface area is 81.0 Å². The largest absolute Gasteiger partial charge is 0.378 e. The van der Waals surface area contributed by atoms with Gasteiger partial charge in [0.1, 0.15) is 0 Å². The fourth-order valence-electron chi connectivity index (χ4n) is 2.07. The van der Waals surface area contributed by atoms with E-state index in [4.69, 9.17) is 4.74 Å². The van der Waals surface area contributed by atoms with Gasteiger partial charge in [-0.25, -0.2) is 0 Å². The molecule has 2 rings (SSSR count). The lowest BCUT2D eigenvalue weighted by Gasteiger charge is -2.35. The van der Waals surface area contributed by atoms with Gasteiger partial charge in [-0.15, -0.1) is 0 Å². The Hall–Kier alpha value is -0.0800. The molecule has 0 radical (unpaired) electrons. The van der Waals surface area contributed by atoms with Gasteiger partial charge in [-0.2, -0.15) is 0 Å². The van der Waals surface area contributed by atoms with Crippen molar-refractivity contribution in [2.45, 2.75) is 38.2 Å². The van der Waals surface area contributed by atoms with Crippen molar-refractivity contribution in [2.24, 2.45) is 11.8 Å². The molecular formula is C11H21NO. The quantitative estimate of drug-likeness (QED) is 0.678. The highest BCUT2D eigenvalue weighted by atomic mass is 16.5. The van der Waals surface area contributed by atoms with Crippen molar-refractivity contribution >= 4 is 0 Å². The zero-order chi connectivity index (χ0) is 9.10. The van der Waals surface area contributed by atoms with E-state index in [9.17, 15) is 0 Å². The Kier molecular flexibility index (Phi) is 3.23. The summed E-state index contributed by atoms with van der Waals surface area (Å²) in [5, 5.41) is 3.22. The molecule has 0 aliphatic heterocycles. The molecule has 0 aromatic heterocycles. The zero-order valence-corrected chi connectivity index (χ0v) is 8.59. The Balaban J connectivity index is 1.44. The molecule has 0 bridgehead atoms. The van der Waals surface area contributed by atoms with Crippen molar-refractivity contribution in [2.75, 3.05) is 20.2 Å². The summed E-state index contributed by atoms with van der Waals surface area (Å²) >= 11 is 0. The number of hydrogen-bond donors (Lipinski definition) is 1. The zero-order valence-electron chi connectivity index (χ0n) is 8.59. The Bertz CT molecular complexity index is 150. The maximum atomic E-state index is 5.78. The van der Waals surface area contributed by atoms with Crippen molar-refractivity contribution in [1.82, 2.24) is 5.32 Å². The van der Waals surface area contributed by atoms with Gasteiger partial charge in [0.15, 0.2) is 0 Å². The molecule has 1 N–H and O–H groups in total. The molecule has 13 heavy (non-hydrogen) atoms. The van der Waals surface area contributed by atoms with Crippen molar-refractivity contribution in [3.63, 3.8) is 0 Å². The Morgan fingerprint density at radius 1 is 1.23 bits per heavy atom. The molecule has 0 aromatic carbocycles. The molecule has 0 aromatic rings. The molecule has 76 valence electrons. The van der Waals surface area contributed by atoms with Crippen molar-refractivity contribution in [3.8, 4) is 0 Å². The summed E-state index contributed by atoms with van der Waals surface area (Å²) in [7, 11) is 2.03. The average Bonchev–Trinajstić information content (AvgIpc) is 2.83. The Morgan fingerprint density at radius 3 is 2.62 bits per heavy atom. The van der Waals surface area contributed by atoms with E-state index in [0.29, 0.717) is 6.10 Å². The summed E-state index contributed by atoms with van der Waals surface area (Å²) < 4.78 is 5.78. The predicted octanol–water partition coefficient (Wildman–Crippen LogP) is 1.80. The van der Waals surface area contributed by atoms with E-state index in [1.54, 1.807) is 0 Å². The third-order valence-corrected chi connectivity index (χ3v) is 3.26. The van der Waals surface area contributed by atoms with Crippen molar-refractivity contribution < 1.29 is 4.74 Å². The van der Waals surface area contributed by atoms with E-state index >= 15 is 0 Å². The van der Waals surface area contributed by atoms with Gasteiger partial charge in [-0.05, 0) is 44.7 Å². The lowest BCUT2D eigenvalue weighted by Crippen LogP contribution is -2.37. The smallest absolute Gasteiger partial charge is 0.0581 e. The minimum atomic E-state index is 0.595. The van der Waals surface area contributed by atoms with Crippen LogP contribution in [0.15, 0.2) is 0 Å². The van der Waals surface area contributed by atoms with Crippen LogP contribution in [0.5, 0.6) is 0 Å². The van der Waals surface area contributed by atoms with Crippen LogP contribution in [-0.2, 0) is 4.74 Å². The minimum Gasteiger partial charge on any atom is -0.378 e. The second kappa shape index (κ2) is 4.43. The second-order valence-corrected chi connectivity index (χ2v) is 4.62. The third-order valence-electron chi connectivity index (χ3n) is 3.26. The first-order valence-electron chi connectivity index (χ1n) is 5.64. The van der Waals surface area contributed by atoms with Gasteiger partial charge in [-0.1, -0.05) is 12.8 Å². The first-order valence-corrected chi connectivity index (χ1v) is 5.64. The Morgan fingerprint density at radius 2 is 2.00 bits per heavy atom. The van der Waals surface area contributed by atoms with Crippen LogP contribution in [0.25, 0.3) is 0 Å². The van der Waals surface area contributed by atoms with Crippen LogP contribution in [0, 0.1) is 11.8 Å². The molecule has 2 nitrogen and oxygen atoms in total. The van der Waals surface area contributed by atoms with Crippen LogP contribution in [0.2, 0.25) is 0 Å². The number of nitrogens with one attached hydrogen (secondary N) is 1. The maximum absolute atomic E-state index is 5.78. The highest BCUT2D eigenvalue weighted by Crippen LogP contribution is 2.34. The second-order valence-electron chi connectivity index (χ2n) is 4.62. The molecule has 0 amide bonds. The van der Waals surface area contributed by atoms with E-state index < -0.39 is 0 Å². The fraction of sp³-hybridized carbons (Fsp3) is 1.00. The number of rotatable bonds is 6. The van der Waals surface area contributed by atoms with Crippen molar-refractivity contribution in [1.29, 1.82) is 0 Å². The predicted molar refractivity (Wildman–Crippen MR) is 53.7 cm³/mol. The monoisotopic (exact) mass is 183 g/mol. The number of ether oxygens (including phenoxy) is 1. The molecule has 0 spiro atoms. The van der Waals surface area contributed by atoms with Gasteiger partial charge in [0.05, 0.1) is 6.10 Å². The number of hydrogen-bond acceptors (Lipinski definition) is 2. The first-order chi connectivity index (χ1) is 6.38. The van der Waals surface area contributed by atoms with Crippen LogP contribution in [-0.4, -0.2) is 26.3 Å². The SMILES string of the molecule is CNCC1CC(OCCC2CC2)C1. The highest BCUT2D eigenvalue weighted by molar-refractivity contribution is 4.81. The van der Waals surface area contributed by atoms with Crippen LogP contribution in [0.3, 0.4) is 0 Å². The summed E-state index contributed by atoms with van der Waals surface area (Å²) in [6.07, 6.45) is 7.38. The fourth-order valence-corrected chi connectivity index (χ4v) is 2.07. The standard InChI is InChI=1S/C11H21NO/c1-12-8-10-6-11(7-10)13-5-4-9-2-3-9/h9-12H,2-8H2,1H3. The van der Waals surface area contributed by atoms with Crippen molar-refractivity contribution in [3.05, 3.63) is 0 Å². The molecule has 2 aliphatic rings. The summed E-state index contributed by atoms with van der Waals surface area (Å²) in [5.74, 6) is 1.91. The molecular weight excluding hydrogens is 162 g/mol. The van der Waals surface area contributed by atoms with E-state index in [-0.39, 0.29) is 0 Å². The van der Waals surface area contributed by atoms with Crippen LogP contribution in [0.4, 0.5) is 0 Å². The molecule has 0 unspecified atom stereocenters. The third kappa shape index (κ3) is 2.96. The first kappa shape index (κ1) is 9.47. The van der Waals surface area contributed by atoms with E-state index in [1.807, 2.05) is 7.05 Å². The minimum absolute atomic E-state index is 0.595. The topological polar surface area (TPSA) is 21.3 Å². The van der Waals surface area contributed by atoms with E-state index in [1.165, 1.54) is 38.6 Å². The highest BCUT2D eigenvalue weighted by Gasteiger charge is 2.29. The van der Waals surface area contributed by atoms with E-state index in [0.717, 1.165) is 18.4 Å². The summed E-state index contributed by atoms with van der Waals surface area (Å²) in [6.45, 7) is 2.18. The van der Waals surface area contributed by atoms with Crippen LogP contribution >= 0.6 is 0 Å². The van der Waals surface area contributed by atoms with Gasteiger partial charge in [0.2, 0.25) is 0 Å². The van der Waals surface area contributed by atoms with Gasteiger partial charge in [-0.3, -0.25) is 0 Å². The van der Waals surface area contributed by atoms with Gasteiger partial charge in [0, 0.05) is 6.61 Å². The van der Waals surface area contributed by atoms with Crippen LogP contribution < -0.4 is 5.32 Å². The van der Waals surface area contributed by atoms with Crippen LogP contribution in [0.1, 0.15) is 32.1 Å². The molecule has 0 saturated heterocycles. The molecule has 2 saturated carbocycles. The van der Waals surface area contributed by atoms with Gasteiger partial charge in [0.25, 0.3) is 0 Å². The molecule has 2 aliphatic carbocycles. The van der Waals surface area contributed by atoms with E-state index in [2.05, 4.69) is 5.32 Å². The summed E-state index contributed by atoms with van der Waals surface area (Å²) in [4.78, 5) is 0. The molecule has 0 heterocycles. The van der Waals surface area contributed by atoms with Gasteiger partial charge >= 0.3 is 0 Å². The lowest BCUT2D eigenvalue weighted by atomic mass is 9.82. The summed E-state index contributed by atoms with van der Waals surface area (Å²) in [5.41, 5.74) is 0. The normalized spacial score (nSPS) is 33.0. The molecule has 2 heteroatoms. The molecule has 2 fully saturated rings.